The highest BCUT2D eigenvalue weighted by atomic mass is 32.1. The van der Waals surface area contributed by atoms with E-state index >= 15 is 0 Å². The number of thiocarbonyl (C=S) groups is 1. The van der Waals surface area contributed by atoms with Crippen LogP contribution in [0.1, 0.15) is 63.9 Å². The van der Waals surface area contributed by atoms with Gasteiger partial charge in [-0.05, 0) is 50.4 Å². The van der Waals surface area contributed by atoms with E-state index in [-0.39, 0.29) is 16.8 Å². The molecule has 29 heavy (non-hydrogen) atoms. The van der Waals surface area contributed by atoms with Gasteiger partial charge in [-0.25, -0.2) is 4.79 Å². The van der Waals surface area contributed by atoms with Crippen molar-refractivity contribution in [3.63, 3.8) is 0 Å². The number of nitrogens with two attached hydrogens (primary N) is 1. The number of ether oxygens (including phenoxy) is 1. The van der Waals surface area contributed by atoms with E-state index in [0.29, 0.717) is 22.8 Å². The summed E-state index contributed by atoms with van der Waals surface area (Å²) < 4.78 is 6.54. The third kappa shape index (κ3) is 4.59. The number of hydrogen-bond donors (Lipinski definition) is 3. The van der Waals surface area contributed by atoms with Gasteiger partial charge in [0.05, 0.1) is 24.6 Å². The summed E-state index contributed by atoms with van der Waals surface area (Å²) in [5.74, 6) is -0.964. The third-order valence-electron chi connectivity index (χ3n) is 4.91. The van der Waals surface area contributed by atoms with Crippen molar-refractivity contribution >= 4 is 51.2 Å². The van der Waals surface area contributed by atoms with Crippen LogP contribution in [0, 0.1) is 0 Å². The molecule has 0 fully saturated rings. The summed E-state index contributed by atoms with van der Waals surface area (Å²) in [6.07, 6.45) is 7.82. The Hall–Kier alpha value is -2.46. The molecule has 0 saturated carbocycles. The van der Waals surface area contributed by atoms with Gasteiger partial charge in [0.15, 0.2) is 5.11 Å². The van der Waals surface area contributed by atoms with Crippen LogP contribution in [0.2, 0.25) is 0 Å². The topological polar surface area (TPSA) is 111 Å². The monoisotopic (exact) mass is 435 g/mol. The minimum atomic E-state index is -0.594. The van der Waals surface area contributed by atoms with Gasteiger partial charge >= 0.3 is 5.97 Å². The molecule has 2 aromatic rings. The molecule has 0 spiro atoms. The van der Waals surface area contributed by atoms with Crippen LogP contribution in [0.4, 0.5) is 10.7 Å². The van der Waals surface area contributed by atoms with E-state index < -0.39 is 5.91 Å². The van der Waals surface area contributed by atoms with Crippen molar-refractivity contribution < 1.29 is 14.3 Å². The van der Waals surface area contributed by atoms with Crippen LogP contribution in [0.5, 0.6) is 0 Å². The predicted octanol–water partition coefficient (Wildman–Crippen LogP) is 3.32. The lowest BCUT2D eigenvalue weighted by Gasteiger charge is -2.12. The highest BCUT2D eigenvalue weighted by molar-refractivity contribution is 7.80. The standard InChI is InChI=1S/C19H25N5O3S2/c1-3-24-15(16(20)25)12(10-21-24)22-19(28)23-17-14(18(26)27-2)11-8-6-4-5-7-9-13(11)29-17/h10H,3-9H2,1-2H3,(H2,20,25)(H2,22,23,28). The number of amides is 1. The van der Waals surface area contributed by atoms with Crippen molar-refractivity contribution in [2.45, 2.75) is 52.0 Å². The maximum atomic E-state index is 12.5. The molecule has 10 heteroatoms. The predicted molar refractivity (Wildman–Crippen MR) is 118 cm³/mol. The summed E-state index contributed by atoms with van der Waals surface area (Å²) in [4.78, 5) is 25.5. The maximum Gasteiger partial charge on any atom is 0.341 e. The molecule has 0 unspecified atom stereocenters. The van der Waals surface area contributed by atoms with Gasteiger partial charge in [0.2, 0.25) is 0 Å². The molecule has 0 saturated heterocycles. The number of esters is 1. The van der Waals surface area contributed by atoms with Crippen LogP contribution >= 0.6 is 23.6 Å². The van der Waals surface area contributed by atoms with Crippen molar-refractivity contribution in [2.75, 3.05) is 17.7 Å². The Balaban J connectivity index is 1.87. The molecule has 2 heterocycles. The van der Waals surface area contributed by atoms with Gasteiger partial charge in [0, 0.05) is 11.4 Å². The smallest absolute Gasteiger partial charge is 0.341 e. The Bertz CT molecular complexity index is 935. The summed E-state index contributed by atoms with van der Waals surface area (Å²) >= 11 is 6.96. The molecule has 156 valence electrons. The molecule has 0 aromatic carbocycles. The second-order valence-electron chi connectivity index (χ2n) is 6.78. The molecule has 1 aliphatic rings. The summed E-state index contributed by atoms with van der Waals surface area (Å²) in [6.45, 7) is 2.37. The maximum absolute atomic E-state index is 12.5. The molecule has 0 bridgehead atoms. The van der Waals surface area contributed by atoms with E-state index in [4.69, 9.17) is 22.7 Å². The lowest BCUT2D eigenvalue weighted by atomic mass is 9.96. The largest absolute Gasteiger partial charge is 0.465 e. The molecule has 2 aromatic heterocycles. The average molecular weight is 436 g/mol. The normalized spacial score (nSPS) is 13.7. The van der Waals surface area contributed by atoms with E-state index in [2.05, 4.69) is 15.7 Å². The Morgan fingerprint density at radius 1 is 1.28 bits per heavy atom. The second kappa shape index (κ2) is 9.36. The van der Waals surface area contributed by atoms with Crippen molar-refractivity contribution in [3.8, 4) is 0 Å². The minimum absolute atomic E-state index is 0.252. The van der Waals surface area contributed by atoms with Crippen molar-refractivity contribution in [3.05, 3.63) is 27.9 Å². The molecule has 0 radical (unpaired) electrons. The van der Waals surface area contributed by atoms with Gasteiger partial charge in [0.1, 0.15) is 10.7 Å². The number of aryl methyl sites for hydroxylation is 2. The molecule has 3 rings (SSSR count). The zero-order valence-electron chi connectivity index (χ0n) is 16.5. The number of carbonyl (C=O) groups excluding carboxylic acids is 2. The van der Waals surface area contributed by atoms with E-state index in [9.17, 15) is 9.59 Å². The lowest BCUT2D eigenvalue weighted by molar-refractivity contribution is 0.0601. The van der Waals surface area contributed by atoms with Crippen molar-refractivity contribution in [1.29, 1.82) is 0 Å². The number of anilines is 2. The number of rotatable bonds is 5. The number of carbonyl (C=O) groups is 2. The van der Waals surface area contributed by atoms with Gasteiger partial charge in [0.25, 0.3) is 5.91 Å². The number of primary amides is 1. The fourth-order valence-electron chi connectivity index (χ4n) is 3.56. The zero-order chi connectivity index (χ0) is 21.0. The minimum Gasteiger partial charge on any atom is -0.465 e. The van der Waals surface area contributed by atoms with Gasteiger partial charge in [-0.2, -0.15) is 5.10 Å². The van der Waals surface area contributed by atoms with Gasteiger partial charge < -0.3 is 21.1 Å². The third-order valence-corrected chi connectivity index (χ3v) is 6.32. The van der Waals surface area contributed by atoms with Crippen LogP contribution in [0.15, 0.2) is 6.20 Å². The SMILES string of the molecule is CCn1ncc(NC(=S)Nc2sc3c(c2C(=O)OC)CCCCCC3)c1C(N)=O. The van der Waals surface area contributed by atoms with E-state index in [1.165, 1.54) is 40.6 Å². The quantitative estimate of drug-likeness (QED) is 0.488. The molecule has 1 aliphatic carbocycles. The second-order valence-corrected chi connectivity index (χ2v) is 8.29. The fourth-order valence-corrected chi connectivity index (χ4v) is 5.12. The molecule has 4 N–H and O–H groups in total. The zero-order valence-corrected chi connectivity index (χ0v) is 18.2. The van der Waals surface area contributed by atoms with Crippen molar-refractivity contribution in [1.82, 2.24) is 9.78 Å². The molecule has 0 aliphatic heterocycles. The highest BCUT2D eigenvalue weighted by Crippen LogP contribution is 2.37. The molecular formula is C19H25N5O3S2. The number of thiophene rings is 1. The summed E-state index contributed by atoms with van der Waals surface area (Å²) in [7, 11) is 1.38. The summed E-state index contributed by atoms with van der Waals surface area (Å²) in [5, 5.41) is 11.1. The van der Waals surface area contributed by atoms with E-state index in [1.807, 2.05) is 6.92 Å². The Morgan fingerprint density at radius 3 is 2.66 bits per heavy atom. The average Bonchev–Trinajstić information content (AvgIpc) is 3.22. The van der Waals surface area contributed by atoms with E-state index in [1.54, 1.807) is 0 Å². The first-order valence-electron chi connectivity index (χ1n) is 9.62. The van der Waals surface area contributed by atoms with Crippen LogP contribution in [-0.2, 0) is 24.1 Å². The first kappa shape index (κ1) is 21.3. The number of nitrogens with zero attached hydrogens (tertiary/aromatic N) is 2. The highest BCUT2D eigenvalue weighted by Gasteiger charge is 2.26. The fraction of sp³-hybridized carbons (Fsp3) is 0.474. The van der Waals surface area contributed by atoms with Gasteiger partial charge in [-0.3, -0.25) is 9.48 Å². The van der Waals surface area contributed by atoms with Crippen LogP contribution in [-0.4, -0.2) is 33.9 Å². The number of nitrogens with one attached hydrogen (secondary N) is 2. The Morgan fingerprint density at radius 2 is 2.00 bits per heavy atom. The van der Waals surface area contributed by atoms with Crippen LogP contribution in [0.25, 0.3) is 0 Å². The van der Waals surface area contributed by atoms with Gasteiger partial charge in [-0.1, -0.05) is 12.8 Å². The number of fused-ring (bicyclic) bond motifs is 1. The Kier molecular flexibility index (Phi) is 6.86. The Labute approximate surface area is 178 Å². The first-order chi connectivity index (χ1) is 14.0. The molecular weight excluding hydrogens is 410 g/mol. The summed E-state index contributed by atoms with van der Waals surface area (Å²) in [6, 6.07) is 0. The number of methoxy groups -OCH3 is 1. The van der Waals surface area contributed by atoms with Crippen LogP contribution < -0.4 is 16.4 Å². The molecule has 8 nitrogen and oxygen atoms in total. The molecule has 1 amide bonds. The van der Waals surface area contributed by atoms with E-state index in [0.717, 1.165) is 37.7 Å². The lowest BCUT2D eigenvalue weighted by Crippen LogP contribution is -2.24. The molecule has 0 atom stereocenters. The van der Waals surface area contributed by atoms with Gasteiger partial charge in [-0.15, -0.1) is 11.3 Å². The number of aromatic nitrogens is 2. The number of hydrogen-bond acceptors (Lipinski definition) is 6. The first-order valence-corrected chi connectivity index (χ1v) is 10.8. The van der Waals surface area contributed by atoms with Crippen molar-refractivity contribution in [2.24, 2.45) is 5.73 Å². The van der Waals surface area contributed by atoms with Crippen LogP contribution in [0.3, 0.4) is 0 Å². The summed E-state index contributed by atoms with van der Waals surface area (Å²) in [5.41, 5.74) is 7.77.